The van der Waals surface area contributed by atoms with E-state index in [9.17, 15) is 28.5 Å². The van der Waals surface area contributed by atoms with Gasteiger partial charge in [0.2, 0.25) is 5.91 Å². The second-order valence-corrected chi connectivity index (χ2v) is 8.70. The lowest BCUT2D eigenvalue weighted by Gasteiger charge is -2.11. The van der Waals surface area contributed by atoms with Gasteiger partial charge in [-0.25, -0.2) is 13.8 Å². The first-order chi connectivity index (χ1) is 17.1. The zero-order valence-corrected chi connectivity index (χ0v) is 19.9. The van der Waals surface area contributed by atoms with E-state index >= 15 is 0 Å². The van der Waals surface area contributed by atoms with Crippen LogP contribution < -0.4 is 11.1 Å². The van der Waals surface area contributed by atoms with Crippen LogP contribution in [0.15, 0.2) is 24.5 Å². The predicted octanol–water partition coefficient (Wildman–Crippen LogP) is 3.66. The maximum atomic E-state index is 13.7. The van der Waals surface area contributed by atoms with E-state index in [4.69, 9.17) is 5.73 Å². The number of carbonyl (C=O) groups excluding carboxylic acids is 2. The standard InChI is InChI=1S/C21H20F2N8O4S/c1-3-30-10(2)12(9-25-30)11-8-13(19(22)23)26-21-16(11)17(18(36-21)20(24)33)27-15(32)5-7-29-6-4-14(28-29)31(34)35/h4,6,8-9,19H,3,5,7H2,1-2H3,(H2,24,33)(H,27,32). The summed E-state index contributed by atoms with van der Waals surface area (Å²) in [5, 5.41) is 21.8. The molecule has 0 aromatic carbocycles. The van der Waals surface area contributed by atoms with Gasteiger partial charge in [-0.05, 0) is 30.4 Å². The molecule has 4 aromatic heterocycles. The summed E-state index contributed by atoms with van der Waals surface area (Å²) in [5.41, 5.74) is 6.69. The van der Waals surface area contributed by atoms with Gasteiger partial charge < -0.3 is 21.2 Å². The first-order valence-corrected chi connectivity index (χ1v) is 11.5. The highest BCUT2D eigenvalue weighted by atomic mass is 32.1. The average Bonchev–Trinajstić information content (AvgIpc) is 3.54. The molecule has 0 fully saturated rings. The van der Waals surface area contributed by atoms with Crippen molar-refractivity contribution in [3.63, 3.8) is 0 Å². The van der Waals surface area contributed by atoms with E-state index in [0.29, 0.717) is 28.8 Å². The summed E-state index contributed by atoms with van der Waals surface area (Å²) in [6, 6.07) is 2.42. The van der Waals surface area contributed by atoms with E-state index in [1.54, 1.807) is 11.6 Å². The Morgan fingerprint density at radius 2 is 2.08 bits per heavy atom. The highest BCUT2D eigenvalue weighted by Gasteiger charge is 2.26. The van der Waals surface area contributed by atoms with Crippen LogP contribution in [-0.4, -0.2) is 41.3 Å². The Bertz CT molecular complexity index is 1490. The van der Waals surface area contributed by atoms with Crippen molar-refractivity contribution in [2.75, 3.05) is 5.32 Å². The van der Waals surface area contributed by atoms with Gasteiger partial charge in [-0.1, -0.05) is 0 Å². The lowest BCUT2D eigenvalue weighted by molar-refractivity contribution is -0.389. The van der Waals surface area contributed by atoms with Crippen LogP contribution in [0.25, 0.3) is 21.3 Å². The van der Waals surface area contributed by atoms with Crippen molar-refractivity contribution < 1.29 is 23.3 Å². The molecule has 36 heavy (non-hydrogen) atoms. The van der Waals surface area contributed by atoms with E-state index in [2.05, 4.69) is 20.5 Å². The summed E-state index contributed by atoms with van der Waals surface area (Å²) in [6.07, 6.45) is -0.118. The number of fused-ring (bicyclic) bond motifs is 1. The molecule has 2 amide bonds. The monoisotopic (exact) mass is 518 g/mol. The zero-order valence-electron chi connectivity index (χ0n) is 19.1. The summed E-state index contributed by atoms with van der Waals surface area (Å²) >= 11 is 0.800. The number of pyridine rings is 1. The molecule has 12 nitrogen and oxygen atoms in total. The molecule has 0 bridgehead atoms. The fourth-order valence-corrected chi connectivity index (χ4v) is 4.77. The van der Waals surface area contributed by atoms with Crippen LogP contribution in [0.2, 0.25) is 0 Å². The zero-order chi connectivity index (χ0) is 26.1. The Hall–Kier alpha value is -4.27. The maximum absolute atomic E-state index is 13.7. The number of aromatic nitrogens is 5. The molecule has 0 aliphatic rings. The Balaban J connectivity index is 1.77. The SMILES string of the molecule is CCn1ncc(-c2cc(C(F)F)nc3sc(C(N)=O)c(NC(=O)CCn4ccc([N+](=O)[O-])n4)c23)c1C. The van der Waals surface area contributed by atoms with Crippen LogP contribution >= 0.6 is 11.3 Å². The summed E-state index contributed by atoms with van der Waals surface area (Å²) in [6.45, 7) is 4.24. The van der Waals surface area contributed by atoms with Crippen molar-refractivity contribution in [1.29, 1.82) is 0 Å². The van der Waals surface area contributed by atoms with Crippen molar-refractivity contribution in [1.82, 2.24) is 24.5 Å². The Kier molecular flexibility index (Phi) is 6.74. The highest BCUT2D eigenvalue weighted by molar-refractivity contribution is 7.21. The minimum absolute atomic E-state index is 0.0245. The topological polar surface area (TPSA) is 164 Å². The van der Waals surface area contributed by atoms with Crippen LogP contribution in [0.3, 0.4) is 0 Å². The minimum atomic E-state index is -2.87. The molecule has 0 aliphatic carbocycles. The average molecular weight is 519 g/mol. The summed E-state index contributed by atoms with van der Waals surface area (Å²) < 4.78 is 30.2. The van der Waals surface area contributed by atoms with Gasteiger partial charge in [0, 0.05) is 29.6 Å². The Morgan fingerprint density at radius 3 is 2.67 bits per heavy atom. The molecule has 0 saturated carbocycles. The summed E-state index contributed by atoms with van der Waals surface area (Å²) in [5.74, 6) is -1.76. The number of anilines is 1. The molecule has 0 unspecified atom stereocenters. The van der Waals surface area contributed by atoms with Gasteiger partial charge in [-0.15, -0.1) is 11.3 Å². The number of aryl methyl sites for hydroxylation is 2. The molecule has 4 heterocycles. The molecule has 4 rings (SSSR count). The number of nitrogens with two attached hydrogens (primary N) is 1. The lowest BCUT2D eigenvalue weighted by atomic mass is 10.0. The third kappa shape index (κ3) is 4.64. The molecule has 188 valence electrons. The largest absolute Gasteiger partial charge is 0.389 e. The van der Waals surface area contributed by atoms with Crippen molar-refractivity contribution >= 4 is 44.9 Å². The molecule has 3 N–H and O–H groups in total. The molecule has 0 spiro atoms. The fraction of sp³-hybridized carbons (Fsp3) is 0.286. The van der Waals surface area contributed by atoms with Crippen molar-refractivity contribution in [3.05, 3.63) is 50.9 Å². The number of rotatable bonds is 9. The van der Waals surface area contributed by atoms with E-state index < -0.39 is 28.9 Å². The van der Waals surface area contributed by atoms with Crippen LogP contribution in [0, 0.1) is 17.0 Å². The smallest absolute Gasteiger partial charge is 0.365 e. The number of amides is 2. The molecule has 0 aliphatic heterocycles. The van der Waals surface area contributed by atoms with Crippen molar-refractivity contribution in [2.24, 2.45) is 5.73 Å². The van der Waals surface area contributed by atoms with Crippen LogP contribution in [0.4, 0.5) is 20.3 Å². The Morgan fingerprint density at radius 1 is 1.33 bits per heavy atom. The molecular formula is C21H20F2N8O4S. The third-order valence-electron chi connectivity index (χ3n) is 5.47. The number of nitrogens with one attached hydrogen (secondary N) is 1. The third-order valence-corrected chi connectivity index (χ3v) is 6.57. The number of nitro groups is 1. The first-order valence-electron chi connectivity index (χ1n) is 10.7. The quantitative estimate of drug-likeness (QED) is 0.252. The van der Waals surface area contributed by atoms with E-state index in [0.717, 1.165) is 11.3 Å². The van der Waals surface area contributed by atoms with Gasteiger partial charge in [0.15, 0.2) is 0 Å². The predicted molar refractivity (Wildman–Crippen MR) is 127 cm³/mol. The molecule has 0 saturated heterocycles. The summed E-state index contributed by atoms with van der Waals surface area (Å²) in [7, 11) is 0. The van der Waals surface area contributed by atoms with E-state index in [-0.39, 0.29) is 34.2 Å². The van der Waals surface area contributed by atoms with Gasteiger partial charge in [-0.2, -0.15) is 9.78 Å². The second-order valence-electron chi connectivity index (χ2n) is 7.70. The maximum Gasteiger partial charge on any atom is 0.389 e. The van der Waals surface area contributed by atoms with Gasteiger partial charge in [-0.3, -0.25) is 14.3 Å². The molecule has 0 atom stereocenters. The van der Waals surface area contributed by atoms with Gasteiger partial charge in [0.05, 0.1) is 35.8 Å². The number of hydrogen-bond donors (Lipinski definition) is 2. The summed E-state index contributed by atoms with van der Waals surface area (Å²) in [4.78, 5) is 39.2. The molecular weight excluding hydrogens is 498 g/mol. The van der Waals surface area contributed by atoms with Crippen LogP contribution in [0.5, 0.6) is 0 Å². The van der Waals surface area contributed by atoms with E-state index in [1.807, 2.05) is 6.92 Å². The van der Waals surface area contributed by atoms with Crippen molar-refractivity contribution in [2.45, 2.75) is 39.8 Å². The van der Waals surface area contributed by atoms with Gasteiger partial charge in [0.1, 0.15) is 15.4 Å². The fourth-order valence-electron chi connectivity index (χ4n) is 3.75. The van der Waals surface area contributed by atoms with Gasteiger partial charge >= 0.3 is 5.82 Å². The number of thiophene rings is 1. The normalized spacial score (nSPS) is 11.4. The number of hydrogen-bond acceptors (Lipinski definition) is 8. The number of alkyl halides is 2. The molecule has 0 radical (unpaired) electrons. The Labute approximate surface area is 205 Å². The van der Waals surface area contributed by atoms with Crippen molar-refractivity contribution in [3.8, 4) is 11.1 Å². The molecule has 15 heteroatoms. The van der Waals surface area contributed by atoms with E-state index in [1.165, 1.54) is 29.2 Å². The second kappa shape index (κ2) is 9.77. The minimum Gasteiger partial charge on any atom is -0.365 e. The number of nitrogens with zero attached hydrogens (tertiary/aromatic N) is 6. The lowest BCUT2D eigenvalue weighted by Crippen LogP contribution is -2.18. The number of carbonyl (C=O) groups is 2. The van der Waals surface area contributed by atoms with Gasteiger partial charge in [0.25, 0.3) is 12.3 Å². The number of halogens is 2. The first kappa shape index (κ1) is 24.8. The highest BCUT2D eigenvalue weighted by Crippen LogP contribution is 2.43. The molecule has 4 aromatic rings. The van der Waals surface area contributed by atoms with Crippen LogP contribution in [0.1, 0.15) is 40.8 Å². The van der Waals surface area contributed by atoms with Crippen LogP contribution in [-0.2, 0) is 17.9 Å². The number of primary amides is 1.